The molecule has 2 atom stereocenters. The molecule has 2 aromatic rings. The van der Waals surface area contributed by atoms with E-state index in [1.807, 2.05) is 0 Å². The van der Waals surface area contributed by atoms with Gasteiger partial charge in [0.05, 0.1) is 24.0 Å². The number of alkyl halides is 3. The number of aromatic nitrogens is 1. The standard InChI is InChI=1S/C24H29F5N2O3/c1-22(2,32)18-11-19(31-21(20(18)26)15-5-7-16(25)8-6-15)23(14-30-3)12-17(13-34-23)33-10-4-9-24(27,28)29/h5-8,11,17,30,32H,4,9-10,12-14H2,1-3H3/t17-,23+/m0/s1. The summed E-state index contributed by atoms with van der Waals surface area (Å²) in [6.07, 6.45) is -5.54. The summed E-state index contributed by atoms with van der Waals surface area (Å²) < 4.78 is 77.7. The molecule has 5 nitrogen and oxygen atoms in total. The van der Waals surface area contributed by atoms with Crippen LogP contribution in [-0.4, -0.2) is 49.2 Å². The van der Waals surface area contributed by atoms with Crippen molar-refractivity contribution in [1.82, 2.24) is 10.3 Å². The second-order valence-electron chi connectivity index (χ2n) is 9.03. The molecule has 0 bridgehead atoms. The predicted molar refractivity (Wildman–Crippen MR) is 116 cm³/mol. The Bertz CT molecular complexity index is 976. The Labute approximate surface area is 195 Å². The van der Waals surface area contributed by atoms with E-state index < -0.39 is 41.5 Å². The average molecular weight is 488 g/mol. The third-order valence-corrected chi connectivity index (χ3v) is 5.72. The van der Waals surface area contributed by atoms with Crippen molar-refractivity contribution in [3.63, 3.8) is 0 Å². The highest BCUT2D eigenvalue weighted by Gasteiger charge is 2.44. The molecule has 0 radical (unpaired) electrons. The Hall–Kier alpha value is -2.14. The number of nitrogens with zero attached hydrogens (tertiary/aromatic N) is 1. The fourth-order valence-electron chi connectivity index (χ4n) is 4.05. The van der Waals surface area contributed by atoms with Gasteiger partial charge in [-0.25, -0.2) is 13.8 Å². The van der Waals surface area contributed by atoms with Gasteiger partial charge < -0.3 is 19.9 Å². The molecule has 34 heavy (non-hydrogen) atoms. The minimum absolute atomic E-state index is 0.00884. The van der Waals surface area contributed by atoms with Gasteiger partial charge in [-0.3, -0.25) is 0 Å². The molecule has 3 rings (SSSR count). The second kappa shape index (κ2) is 10.2. The number of hydrogen-bond donors (Lipinski definition) is 2. The Morgan fingerprint density at radius 2 is 1.88 bits per heavy atom. The van der Waals surface area contributed by atoms with Gasteiger partial charge in [0.2, 0.25) is 0 Å². The van der Waals surface area contributed by atoms with Crippen molar-refractivity contribution in [3.05, 3.63) is 53.2 Å². The summed E-state index contributed by atoms with van der Waals surface area (Å²) >= 11 is 0. The Morgan fingerprint density at radius 1 is 1.21 bits per heavy atom. The molecule has 1 aromatic heterocycles. The van der Waals surface area contributed by atoms with Crippen LogP contribution in [0, 0.1) is 11.6 Å². The summed E-state index contributed by atoms with van der Waals surface area (Å²) in [6, 6.07) is 6.60. The quantitative estimate of drug-likeness (QED) is 0.392. The van der Waals surface area contributed by atoms with Crippen LogP contribution >= 0.6 is 0 Å². The van der Waals surface area contributed by atoms with Gasteiger partial charge in [-0.1, -0.05) is 0 Å². The zero-order valence-electron chi connectivity index (χ0n) is 19.3. The minimum Gasteiger partial charge on any atom is -0.386 e. The number of halogens is 5. The van der Waals surface area contributed by atoms with Crippen LogP contribution in [0.5, 0.6) is 0 Å². The lowest BCUT2D eigenvalue weighted by molar-refractivity contribution is -0.138. The molecule has 1 saturated heterocycles. The summed E-state index contributed by atoms with van der Waals surface area (Å²) in [6.45, 7) is 3.20. The fourth-order valence-corrected chi connectivity index (χ4v) is 4.05. The van der Waals surface area contributed by atoms with Crippen LogP contribution in [0.15, 0.2) is 30.3 Å². The van der Waals surface area contributed by atoms with Crippen molar-refractivity contribution in [2.75, 3.05) is 26.8 Å². The Kier molecular flexibility index (Phi) is 7.96. The molecule has 0 aliphatic carbocycles. The molecule has 0 spiro atoms. The zero-order valence-corrected chi connectivity index (χ0v) is 19.3. The third kappa shape index (κ3) is 6.29. The van der Waals surface area contributed by atoms with E-state index in [9.17, 15) is 22.7 Å². The van der Waals surface area contributed by atoms with E-state index in [0.29, 0.717) is 11.3 Å². The van der Waals surface area contributed by atoms with E-state index in [1.165, 1.54) is 44.2 Å². The maximum Gasteiger partial charge on any atom is 0.389 e. The van der Waals surface area contributed by atoms with E-state index in [1.54, 1.807) is 7.05 Å². The van der Waals surface area contributed by atoms with E-state index in [2.05, 4.69) is 10.3 Å². The van der Waals surface area contributed by atoms with E-state index in [-0.39, 0.29) is 43.9 Å². The van der Waals surface area contributed by atoms with Crippen LogP contribution in [0.1, 0.15) is 44.4 Å². The van der Waals surface area contributed by atoms with Crippen molar-refractivity contribution in [2.45, 2.75) is 56.6 Å². The summed E-state index contributed by atoms with van der Waals surface area (Å²) in [7, 11) is 1.70. The van der Waals surface area contributed by atoms with Gasteiger partial charge in [0.15, 0.2) is 5.82 Å². The highest BCUT2D eigenvalue weighted by molar-refractivity contribution is 5.62. The molecule has 1 aliphatic heterocycles. The molecule has 0 unspecified atom stereocenters. The number of rotatable bonds is 9. The van der Waals surface area contributed by atoms with Crippen LogP contribution in [0.25, 0.3) is 11.3 Å². The number of benzene rings is 1. The van der Waals surface area contributed by atoms with Crippen molar-refractivity contribution < 1.29 is 36.5 Å². The Morgan fingerprint density at radius 3 is 2.47 bits per heavy atom. The average Bonchev–Trinajstić information content (AvgIpc) is 3.15. The van der Waals surface area contributed by atoms with Crippen molar-refractivity contribution in [1.29, 1.82) is 0 Å². The van der Waals surface area contributed by atoms with Crippen molar-refractivity contribution in [3.8, 4) is 11.3 Å². The molecular formula is C24H29F5N2O3. The van der Waals surface area contributed by atoms with Crippen molar-refractivity contribution >= 4 is 0 Å². The van der Waals surface area contributed by atoms with E-state index in [0.717, 1.165) is 0 Å². The Balaban J connectivity index is 1.95. The molecule has 1 aliphatic rings. The maximum atomic E-state index is 15.4. The molecule has 1 aromatic carbocycles. The highest BCUT2D eigenvalue weighted by Crippen LogP contribution is 2.40. The summed E-state index contributed by atoms with van der Waals surface area (Å²) in [4.78, 5) is 4.50. The number of aliphatic hydroxyl groups is 1. The van der Waals surface area contributed by atoms with Gasteiger partial charge in [0.1, 0.15) is 17.1 Å². The topological polar surface area (TPSA) is 63.6 Å². The largest absolute Gasteiger partial charge is 0.389 e. The minimum atomic E-state index is -4.24. The summed E-state index contributed by atoms with van der Waals surface area (Å²) in [5.74, 6) is -1.22. The molecule has 2 N–H and O–H groups in total. The lowest BCUT2D eigenvalue weighted by atomic mass is 9.88. The monoisotopic (exact) mass is 488 g/mol. The first-order chi connectivity index (χ1) is 15.8. The third-order valence-electron chi connectivity index (χ3n) is 5.72. The SMILES string of the molecule is CNC[C@@]1(c2cc(C(C)(C)O)c(F)c(-c3ccc(F)cc3)n2)C[C@H](OCCCC(F)(F)F)CO1. The van der Waals surface area contributed by atoms with Crippen LogP contribution in [-0.2, 0) is 20.7 Å². The number of nitrogens with one attached hydrogen (secondary N) is 1. The first-order valence-corrected chi connectivity index (χ1v) is 11.0. The number of pyridine rings is 1. The molecule has 2 heterocycles. The van der Waals surface area contributed by atoms with Crippen LogP contribution in [0.4, 0.5) is 22.0 Å². The molecular weight excluding hydrogens is 459 g/mol. The second-order valence-corrected chi connectivity index (χ2v) is 9.03. The summed E-state index contributed by atoms with van der Waals surface area (Å²) in [5.41, 5.74) is -2.03. The summed E-state index contributed by atoms with van der Waals surface area (Å²) in [5, 5.41) is 13.6. The lowest BCUT2D eigenvalue weighted by Gasteiger charge is -2.30. The van der Waals surface area contributed by atoms with E-state index in [4.69, 9.17) is 9.47 Å². The van der Waals surface area contributed by atoms with Crippen LogP contribution in [0.3, 0.4) is 0 Å². The van der Waals surface area contributed by atoms with Crippen LogP contribution < -0.4 is 5.32 Å². The van der Waals surface area contributed by atoms with E-state index >= 15 is 4.39 Å². The smallest absolute Gasteiger partial charge is 0.386 e. The van der Waals surface area contributed by atoms with Crippen molar-refractivity contribution in [2.24, 2.45) is 0 Å². The highest BCUT2D eigenvalue weighted by atomic mass is 19.4. The number of hydrogen-bond acceptors (Lipinski definition) is 5. The van der Waals surface area contributed by atoms with Gasteiger partial charge in [-0.05, 0) is 57.6 Å². The van der Waals surface area contributed by atoms with Crippen LogP contribution in [0.2, 0.25) is 0 Å². The van der Waals surface area contributed by atoms with Gasteiger partial charge in [-0.15, -0.1) is 0 Å². The molecule has 188 valence electrons. The van der Waals surface area contributed by atoms with Gasteiger partial charge in [0.25, 0.3) is 0 Å². The molecule has 0 saturated carbocycles. The zero-order chi connectivity index (χ0) is 25.1. The molecule has 10 heteroatoms. The van der Waals surface area contributed by atoms with Gasteiger partial charge in [-0.2, -0.15) is 13.2 Å². The predicted octanol–water partition coefficient (Wildman–Crippen LogP) is 4.82. The van der Waals surface area contributed by atoms with Gasteiger partial charge >= 0.3 is 6.18 Å². The first kappa shape index (κ1) is 26.5. The number of likely N-dealkylation sites (N-methyl/N-ethyl adjacent to an activating group) is 1. The molecule has 0 amide bonds. The first-order valence-electron chi connectivity index (χ1n) is 11.0. The fraction of sp³-hybridized carbons (Fsp3) is 0.542. The maximum absolute atomic E-state index is 15.4. The molecule has 1 fully saturated rings. The van der Waals surface area contributed by atoms with Gasteiger partial charge in [0, 0.05) is 37.1 Å². The lowest BCUT2D eigenvalue weighted by Crippen LogP contribution is -2.38. The normalized spacial score (nSPS) is 21.3. The number of ether oxygens (including phenoxy) is 2.